The highest BCUT2D eigenvalue weighted by Crippen LogP contribution is 2.30. The second kappa shape index (κ2) is 3.77. The Morgan fingerprint density at radius 1 is 1.33 bits per heavy atom. The quantitative estimate of drug-likeness (QED) is 0.778. The number of carboxylic acids is 1. The smallest absolute Gasteiger partial charge is 0.339 e. The molecule has 0 aromatic heterocycles. The molecule has 0 aliphatic heterocycles. The zero-order valence-electron chi connectivity index (χ0n) is 8.23. The molecular formula is C12H12O3. The van der Waals surface area contributed by atoms with Gasteiger partial charge in [-0.1, -0.05) is 12.1 Å². The number of benzene rings is 1. The molecule has 0 radical (unpaired) electrons. The average molecular weight is 204 g/mol. The van der Waals surface area contributed by atoms with Gasteiger partial charge in [0.2, 0.25) is 0 Å². The van der Waals surface area contributed by atoms with Crippen LogP contribution in [0.5, 0.6) is 5.75 Å². The van der Waals surface area contributed by atoms with Gasteiger partial charge in [0.1, 0.15) is 11.3 Å². The number of rotatable bonds is 2. The normalized spacial score (nSPS) is 15.1. The zero-order chi connectivity index (χ0) is 10.8. The van der Waals surface area contributed by atoms with Crippen LogP contribution >= 0.6 is 0 Å². The molecule has 0 saturated carbocycles. The first-order valence-electron chi connectivity index (χ1n) is 4.94. The predicted octanol–water partition coefficient (Wildman–Crippen LogP) is 2.66. The van der Waals surface area contributed by atoms with Crippen LogP contribution in [0.3, 0.4) is 0 Å². The third-order valence-corrected chi connectivity index (χ3v) is 2.64. The number of aromatic carboxylic acids is 1. The Labute approximate surface area is 87.7 Å². The summed E-state index contributed by atoms with van der Waals surface area (Å²) in [5, 5.41) is 18.2. The van der Waals surface area contributed by atoms with E-state index in [1.807, 2.05) is 0 Å². The minimum atomic E-state index is -1.09. The SMILES string of the molecule is O=C(O)c1cc(C2=CCCC2)ccc1O. The molecule has 1 aliphatic carbocycles. The monoisotopic (exact) mass is 204 g/mol. The van der Waals surface area contributed by atoms with Crippen LogP contribution in [0, 0.1) is 0 Å². The van der Waals surface area contributed by atoms with Crippen LogP contribution in [0.2, 0.25) is 0 Å². The van der Waals surface area contributed by atoms with Crippen molar-refractivity contribution in [2.45, 2.75) is 19.3 Å². The molecule has 3 heteroatoms. The fraction of sp³-hybridized carbons (Fsp3) is 0.250. The summed E-state index contributed by atoms with van der Waals surface area (Å²) in [6, 6.07) is 4.74. The molecular weight excluding hydrogens is 192 g/mol. The Hall–Kier alpha value is -1.77. The van der Waals surface area contributed by atoms with Crippen LogP contribution in [0.4, 0.5) is 0 Å². The maximum absolute atomic E-state index is 10.8. The fourth-order valence-electron chi connectivity index (χ4n) is 1.84. The Morgan fingerprint density at radius 3 is 2.73 bits per heavy atom. The molecule has 2 N–H and O–H groups in total. The Morgan fingerprint density at radius 2 is 2.13 bits per heavy atom. The number of hydrogen-bond acceptors (Lipinski definition) is 2. The maximum atomic E-state index is 10.8. The minimum absolute atomic E-state index is 0.0275. The molecule has 0 spiro atoms. The van der Waals surface area contributed by atoms with E-state index >= 15 is 0 Å². The Balaban J connectivity index is 2.42. The van der Waals surface area contributed by atoms with E-state index in [0.29, 0.717) is 0 Å². The highest BCUT2D eigenvalue weighted by atomic mass is 16.4. The van der Waals surface area contributed by atoms with E-state index in [-0.39, 0.29) is 11.3 Å². The van der Waals surface area contributed by atoms with Crippen LogP contribution in [0.1, 0.15) is 35.2 Å². The third-order valence-electron chi connectivity index (χ3n) is 2.64. The summed E-state index contributed by atoms with van der Waals surface area (Å²) in [6.07, 6.45) is 5.29. The highest BCUT2D eigenvalue weighted by Gasteiger charge is 2.13. The summed E-state index contributed by atoms with van der Waals surface area (Å²) >= 11 is 0. The predicted molar refractivity (Wildman–Crippen MR) is 56.9 cm³/mol. The van der Waals surface area contributed by atoms with Gasteiger partial charge < -0.3 is 10.2 Å². The molecule has 1 aromatic carbocycles. The third kappa shape index (κ3) is 1.86. The second-order valence-electron chi connectivity index (χ2n) is 3.66. The van der Waals surface area contributed by atoms with Gasteiger partial charge in [0.25, 0.3) is 0 Å². The molecule has 0 fully saturated rings. The van der Waals surface area contributed by atoms with Crippen molar-refractivity contribution in [2.24, 2.45) is 0 Å². The van der Waals surface area contributed by atoms with E-state index in [9.17, 15) is 9.90 Å². The zero-order valence-corrected chi connectivity index (χ0v) is 8.23. The molecule has 0 atom stereocenters. The first-order valence-corrected chi connectivity index (χ1v) is 4.94. The van der Waals surface area contributed by atoms with Gasteiger partial charge in [-0.15, -0.1) is 0 Å². The minimum Gasteiger partial charge on any atom is -0.507 e. The first kappa shape index (κ1) is 9.77. The van der Waals surface area contributed by atoms with Gasteiger partial charge in [-0.3, -0.25) is 0 Å². The van der Waals surface area contributed by atoms with Crippen molar-refractivity contribution in [3.8, 4) is 5.75 Å². The van der Waals surface area contributed by atoms with Gasteiger partial charge in [0.15, 0.2) is 0 Å². The van der Waals surface area contributed by atoms with Crippen LogP contribution in [-0.4, -0.2) is 16.2 Å². The number of hydrogen-bond donors (Lipinski definition) is 2. The Bertz CT molecular complexity index is 432. The molecule has 0 heterocycles. The molecule has 0 bridgehead atoms. The van der Waals surface area contributed by atoms with Crippen molar-refractivity contribution in [1.82, 2.24) is 0 Å². The molecule has 3 nitrogen and oxygen atoms in total. The number of carboxylic acid groups (broad SMARTS) is 1. The molecule has 0 amide bonds. The van der Waals surface area contributed by atoms with E-state index in [1.54, 1.807) is 6.07 Å². The van der Waals surface area contributed by atoms with E-state index < -0.39 is 5.97 Å². The van der Waals surface area contributed by atoms with Crippen molar-refractivity contribution >= 4 is 11.5 Å². The van der Waals surface area contributed by atoms with Crippen molar-refractivity contribution in [1.29, 1.82) is 0 Å². The van der Waals surface area contributed by atoms with Crippen molar-refractivity contribution < 1.29 is 15.0 Å². The van der Waals surface area contributed by atoms with Crippen molar-refractivity contribution in [3.05, 3.63) is 35.4 Å². The maximum Gasteiger partial charge on any atom is 0.339 e. The molecule has 2 rings (SSSR count). The average Bonchev–Trinajstić information content (AvgIpc) is 2.71. The summed E-state index contributed by atoms with van der Waals surface area (Å²) in [7, 11) is 0. The lowest BCUT2D eigenvalue weighted by Gasteiger charge is -2.05. The summed E-state index contributed by atoms with van der Waals surface area (Å²) in [4.78, 5) is 10.8. The standard InChI is InChI=1S/C12H12O3/c13-11-6-5-9(7-10(11)12(14)15)8-3-1-2-4-8/h3,5-7,13H,1-2,4H2,(H,14,15). The topological polar surface area (TPSA) is 57.5 Å². The molecule has 0 saturated heterocycles. The number of allylic oxidation sites excluding steroid dienone is 2. The summed E-state index contributed by atoms with van der Waals surface area (Å²) < 4.78 is 0. The van der Waals surface area contributed by atoms with Crippen LogP contribution in [-0.2, 0) is 0 Å². The van der Waals surface area contributed by atoms with Crippen molar-refractivity contribution in [3.63, 3.8) is 0 Å². The van der Waals surface area contributed by atoms with Gasteiger partial charge in [-0.25, -0.2) is 4.79 Å². The molecule has 15 heavy (non-hydrogen) atoms. The summed E-state index contributed by atoms with van der Waals surface area (Å²) in [6.45, 7) is 0. The van der Waals surface area contributed by atoms with E-state index in [4.69, 9.17) is 5.11 Å². The van der Waals surface area contributed by atoms with Gasteiger partial charge in [0, 0.05) is 0 Å². The van der Waals surface area contributed by atoms with E-state index in [2.05, 4.69) is 6.08 Å². The first-order chi connectivity index (χ1) is 7.18. The molecule has 0 unspecified atom stereocenters. The largest absolute Gasteiger partial charge is 0.507 e. The van der Waals surface area contributed by atoms with Gasteiger partial charge >= 0.3 is 5.97 Å². The summed E-state index contributed by atoms with van der Waals surface area (Å²) in [5.74, 6) is -1.27. The lowest BCUT2D eigenvalue weighted by Crippen LogP contribution is -1.97. The Kier molecular flexibility index (Phi) is 2.46. The van der Waals surface area contributed by atoms with Crippen LogP contribution in [0.15, 0.2) is 24.3 Å². The van der Waals surface area contributed by atoms with Gasteiger partial charge in [-0.05, 0) is 42.5 Å². The van der Waals surface area contributed by atoms with Crippen LogP contribution in [0.25, 0.3) is 5.57 Å². The molecule has 1 aromatic rings. The number of aromatic hydroxyl groups is 1. The fourth-order valence-corrected chi connectivity index (χ4v) is 1.84. The van der Waals surface area contributed by atoms with Crippen molar-refractivity contribution in [2.75, 3.05) is 0 Å². The van der Waals surface area contributed by atoms with Gasteiger partial charge in [-0.2, -0.15) is 0 Å². The van der Waals surface area contributed by atoms with E-state index in [1.165, 1.54) is 17.7 Å². The van der Waals surface area contributed by atoms with Crippen LogP contribution < -0.4 is 0 Å². The molecule has 78 valence electrons. The summed E-state index contributed by atoms with van der Waals surface area (Å²) in [5.41, 5.74) is 2.06. The van der Waals surface area contributed by atoms with E-state index in [0.717, 1.165) is 24.8 Å². The van der Waals surface area contributed by atoms with Gasteiger partial charge in [0.05, 0.1) is 0 Å². The molecule has 1 aliphatic rings. The lowest BCUT2D eigenvalue weighted by molar-refractivity contribution is 0.0693. The number of phenols is 1. The lowest BCUT2D eigenvalue weighted by atomic mass is 10.0. The number of carbonyl (C=O) groups is 1. The second-order valence-corrected chi connectivity index (χ2v) is 3.66. The highest BCUT2D eigenvalue weighted by molar-refractivity contribution is 5.92.